The monoisotopic (exact) mass is 447 g/mol. The van der Waals surface area contributed by atoms with E-state index in [4.69, 9.17) is 10.6 Å². The first-order chi connectivity index (χ1) is 12.8. The standard InChI is InChI=1S/C15H17N5O5S2.ClH/c1-3-25-19-9(7-5-26-15(16)17-7)11(21)18-10-12(22)20-8(14(23)24)4-6(2)27-13(10)20;/h4-6,10,13H,3H2,1-2H3,(H2,16,17)(H,18,21)(H,23,24);1H/b19-9+;. The molecule has 1 fully saturated rings. The summed E-state index contributed by atoms with van der Waals surface area (Å²) in [6.07, 6.45) is 1.51. The summed E-state index contributed by atoms with van der Waals surface area (Å²) in [5, 5.41) is 16.9. The molecule has 0 bridgehead atoms. The van der Waals surface area contributed by atoms with Crippen molar-refractivity contribution in [2.75, 3.05) is 12.3 Å². The summed E-state index contributed by atoms with van der Waals surface area (Å²) in [6, 6.07) is -0.865. The highest BCUT2D eigenvalue weighted by Crippen LogP contribution is 2.40. The Morgan fingerprint density at radius 3 is 2.79 bits per heavy atom. The summed E-state index contributed by atoms with van der Waals surface area (Å²) in [7, 11) is 0. The molecule has 1 saturated heterocycles. The molecule has 13 heteroatoms. The number of carbonyl (C=O) groups is 3. The Bertz CT molecular complexity index is 858. The van der Waals surface area contributed by atoms with Gasteiger partial charge in [0, 0.05) is 10.6 Å². The molecular weight excluding hydrogens is 430 g/mol. The van der Waals surface area contributed by atoms with Gasteiger partial charge in [0.1, 0.15) is 29.4 Å². The summed E-state index contributed by atoms with van der Waals surface area (Å²) < 4.78 is 0. The molecule has 3 rings (SSSR count). The largest absolute Gasteiger partial charge is 0.477 e. The van der Waals surface area contributed by atoms with E-state index >= 15 is 0 Å². The van der Waals surface area contributed by atoms with Crippen LogP contribution in [-0.4, -0.2) is 61.8 Å². The normalized spacial score (nSPS) is 23.7. The Hall–Kier alpha value is -2.31. The summed E-state index contributed by atoms with van der Waals surface area (Å²) >= 11 is 2.53. The molecule has 1 aromatic rings. The van der Waals surface area contributed by atoms with Crippen molar-refractivity contribution in [3.8, 4) is 0 Å². The maximum absolute atomic E-state index is 12.7. The van der Waals surface area contributed by atoms with Crippen LogP contribution in [0.3, 0.4) is 0 Å². The minimum Gasteiger partial charge on any atom is -0.477 e. The van der Waals surface area contributed by atoms with Crippen molar-refractivity contribution in [3.05, 3.63) is 22.8 Å². The first kappa shape index (κ1) is 22.0. The number of nitrogens with zero attached hydrogens (tertiary/aromatic N) is 3. The van der Waals surface area contributed by atoms with Crippen LogP contribution < -0.4 is 11.1 Å². The fourth-order valence-electron chi connectivity index (χ4n) is 2.67. The lowest BCUT2D eigenvalue weighted by atomic mass is 10.0. The molecule has 2 amide bonds. The van der Waals surface area contributed by atoms with Gasteiger partial charge >= 0.3 is 5.97 Å². The van der Waals surface area contributed by atoms with Crippen LogP contribution in [0.2, 0.25) is 0 Å². The van der Waals surface area contributed by atoms with Crippen molar-refractivity contribution in [2.24, 2.45) is 5.16 Å². The van der Waals surface area contributed by atoms with Crippen LogP contribution in [0.5, 0.6) is 0 Å². The van der Waals surface area contributed by atoms with Gasteiger partial charge in [0.05, 0.1) is 0 Å². The smallest absolute Gasteiger partial charge is 0.352 e. The van der Waals surface area contributed by atoms with Gasteiger partial charge in [-0.2, -0.15) is 0 Å². The molecule has 0 aromatic carbocycles. The van der Waals surface area contributed by atoms with E-state index < -0.39 is 29.2 Å². The van der Waals surface area contributed by atoms with E-state index in [0.29, 0.717) is 0 Å². The van der Waals surface area contributed by atoms with Gasteiger partial charge in [-0.1, -0.05) is 5.16 Å². The summed E-state index contributed by atoms with van der Waals surface area (Å²) in [5.74, 6) is -2.32. The lowest BCUT2D eigenvalue weighted by molar-refractivity contribution is -0.150. The zero-order chi connectivity index (χ0) is 19.7. The van der Waals surface area contributed by atoms with Gasteiger partial charge in [-0.3, -0.25) is 14.5 Å². The van der Waals surface area contributed by atoms with Crippen LogP contribution in [-0.2, 0) is 19.2 Å². The highest BCUT2D eigenvalue weighted by molar-refractivity contribution is 8.00. The number of carboxylic acid groups (broad SMARTS) is 1. The number of amides is 2. The lowest BCUT2D eigenvalue weighted by Crippen LogP contribution is -2.71. The van der Waals surface area contributed by atoms with E-state index in [1.807, 2.05) is 6.92 Å². The van der Waals surface area contributed by atoms with E-state index in [2.05, 4.69) is 15.5 Å². The minimum absolute atomic E-state index is 0. The number of fused-ring (bicyclic) bond motifs is 1. The summed E-state index contributed by atoms with van der Waals surface area (Å²) in [5.41, 5.74) is 5.67. The SMILES string of the molecule is CCO/N=C(/C(=O)NC1C(=O)N2C(C(=O)O)=CC(C)SC12)c1csc(N)n1.Cl. The molecule has 28 heavy (non-hydrogen) atoms. The van der Waals surface area contributed by atoms with Crippen molar-refractivity contribution < 1.29 is 24.3 Å². The molecule has 0 spiro atoms. The van der Waals surface area contributed by atoms with Crippen molar-refractivity contribution in [1.29, 1.82) is 0 Å². The van der Waals surface area contributed by atoms with Crippen LogP contribution in [0, 0.1) is 0 Å². The molecule has 3 atom stereocenters. The third-order valence-corrected chi connectivity index (χ3v) is 5.82. The van der Waals surface area contributed by atoms with Crippen LogP contribution >= 0.6 is 35.5 Å². The number of β-lactam (4-membered cyclic amide) rings is 1. The molecule has 3 heterocycles. The maximum atomic E-state index is 12.7. The molecule has 1 aromatic heterocycles. The number of nitrogens with one attached hydrogen (secondary N) is 1. The molecule has 152 valence electrons. The molecular formula is C15H18ClN5O5S2. The van der Waals surface area contributed by atoms with Crippen molar-refractivity contribution in [2.45, 2.75) is 30.5 Å². The summed E-state index contributed by atoms with van der Waals surface area (Å²) in [4.78, 5) is 46.6. The lowest BCUT2D eigenvalue weighted by Gasteiger charge is -2.49. The molecule has 3 unspecified atom stereocenters. The van der Waals surface area contributed by atoms with Gasteiger partial charge in [0.15, 0.2) is 10.8 Å². The van der Waals surface area contributed by atoms with Gasteiger partial charge in [0.2, 0.25) is 0 Å². The number of aromatic nitrogens is 1. The highest BCUT2D eigenvalue weighted by atomic mass is 35.5. The number of nitrogen functional groups attached to an aromatic ring is 1. The number of halogens is 1. The third-order valence-electron chi connectivity index (χ3n) is 3.82. The Morgan fingerprint density at radius 1 is 1.50 bits per heavy atom. The molecule has 2 aliphatic rings. The zero-order valence-electron chi connectivity index (χ0n) is 14.8. The number of carbonyl (C=O) groups excluding carboxylic acids is 2. The fourth-order valence-corrected chi connectivity index (χ4v) is 4.54. The number of thioether (sulfide) groups is 1. The second kappa shape index (κ2) is 8.80. The number of anilines is 1. The van der Waals surface area contributed by atoms with E-state index in [1.165, 1.54) is 22.7 Å². The zero-order valence-corrected chi connectivity index (χ0v) is 17.3. The van der Waals surface area contributed by atoms with Crippen molar-refractivity contribution in [1.82, 2.24) is 15.2 Å². The molecule has 0 radical (unpaired) electrons. The van der Waals surface area contributed by atoms with Crippen LogP contribution in [0.4, 0.5) is 5.13 Å². The third kappa shape index (κ3) is 4.08. The number of hydrogen-bond acceptors (Lipinski definition) is 9. The predicted molar refractivity (Wildman–Crippen MR) is 107 cm³/mol. The van der Waals surface area contributed by atoms with Gasteiger partial charge in [-0.25, -0.2) is 9.78 Å². The molecule has 10 nitrogen and oxygen atoms in total. The number of oxime groups is 1. The number of aliphatic carboxylic acids is 1. The van der Waals surface area contributed by atoms with Crippen molar-refractivity contribution >= 4 is 64.1 Å². The Kier molecular flexibility index (Phi) is 6.91. The van der Waals surface area contributed by atoms with Crippen LogP contribution in [0.25, 0.3) is 0 Å². The number of rotatable bonds is 6. The predicted octanol–water partition coefficient (Wildman–Crippen LogP) is 0.645. The summed E-state index contributed by atoms with van der Waals surface area (Å²) in [6.45, 7) is 3.78. The van der Waals surface area contributed by atoms with Crippen LogP contribution in [0.15, 0.2) is 22.3 Å². The average Bonchev–Trinajstić information content (AvgIpc) is 3.05. The number of carboxylic acids is 1. The van der Waals surface area contributed by atoms with E-state index in [0.717, 1.165) is 11.3 Å². The molecule has 0 saturated carbocycles. The average molecular weight is 448 g/mol. The minimum atomic E-state index is -1.18. The van der Waals surface area contributed by atoms with E-state index in [-0.39, 0.29) is 46.5 Å². The van der Waals surface area contributed by atoms with Gasteiger partial charge in [0.25, 0.3) is 11.8 Å². The number of nitrogens with two attached hydrogens (primary N) is 1. The van der Waals surface area contributed by atoms with Gasteiger partial charge < -0.3 is 21.0 Å². The van der Waals surface area contributed by atoms with Crippen molar-refractivity contribution in [3.63, 3.8) is 0 Å². The second-order valence-corrected chi connectivity index (χ2v) is 8.07. The first-order valence-electron chi connectivity index (χ1n) is 7.99. The Balaban J connectivity index is 0.00000280. The molecule has 4 N–H and O–H groups in total. The van der Waals surface area contributed by atoms with Gasteiger partial charge in [-0.15, -0.1) is 35.5 Å². The second-order valence-electron chi connectivity index (χ2n) is 5.68. The fraction of sp³-hybridized carbons (Fsp3) is 0.400. The number of hydrogen-bond donors (Lipinski definition) is 3. The van der Waals surface area contributed by atoms with Gasteiger partial charge in [-0.05, 0) is 19.9 Å². The Labute approximate surface area is 174 Å². The first-order valence-corrected chi connectivity index (χ1v) is 9.81. The number of thiazole rings is 1. The topological polar surface area (TPSA) is 147 Å². The van der Waals surface area contributed by atoms with E-state index in [9.17, 15) is 19.5 Å². The molecule has 2 aliphatic heterocycles. The maximum Gasteiger partial charge on any atom is 0.352 e. The quantitative estimate of drug-likeness (QED) is 0.327. The van der Waals surface area contributed by atoms with Crippen LogP contribution in [0.1, 0.15) is 19.5 Å². The highest BCUT2D eigenvalue weighted by Gasteiger charge is 2.54. The Morgan fingerprint density at radius 2 is 2.21 bits per heavy atom. The van der Waals surface area contributed by atoms with E-state index in [1.54, 1.807) is 12.3 Å². The molecule has 0 aliphatic carbocycles.